The van der Waals surface area contributed by atoms with Crippen molar-refractivity contribution in [3.63, 3.8) is 0 Å². The third-order valence-corrected chi connectivity index (χ3v) is 8.04. The Hall–Kier alpha value is -3.08. The zero-order valence-electron chi connectivity index (χ0n) is 18.5. The average Bonchev–Trinajstić information content (AvgIpc) is 3.42. The number of nitrogen functional groups attached to an aromatic ring is 1. The van der Waals surface area contributed by atoms with Gasteiger partial charge in [0.25, 0.3) is 11.8 Å². The lowest BCUT2D eigenvalue weighted by Gasteiger charge is -2.51. The number of carbonyl (C=O) groups excluding carboxylic acids is 3. The first-order valence-corrected chi connectivity index (χ1v) is 12.5. The summed E-state index contributed by atoms with van der Waals surface area (Å²) in [6.45, 7) is 2.33. The van der Waals surface area contributed by atoms with E-state index in [-0.39, 0.29) is 28.8 Å². The SMILES string of the molecule is C#CCO/N=C(\C(=O)NC1C(=O)N2C(C(=O)[O-])=C(C[N+]3(C)CCCC3)CS[C@@H]12)c1csc(N)n1. The molecule has 34 heavy (non-hydrogen) atoms. The van der Waals surface area contributed by atoms with Crippen LogP contribution in [0, 0.1) is 12.3 Å². The van der Waals surface area contributed by atoms with Crippen LogP contribution in [0.25, 0.3) is 0 Å². The van der Waals surface area contributed by atoms with Gasteiger partial charge in [0.1, 0.15) is 23.7 Å². The van der Waals surface area contributed by atoms with Gasteiger partial charge >= 0.3 is 0 Å². The maximum atomic E-state index is 13.0. The Kier molecular flexibility index (Phi) is 6.83. The van der Waals surface area contributed by atoms with E-state index in [1.165, 1.54) is 22.0 Å². The fourth-order valence-corrected chi connectivity index (χ4v) is 6.34. The quantitative estimate of drug-likeness (QED) is 0.111. The molecule has 11 nitrogen and oxygen atoms in total. The summed E-state index contributed by atoms with van der Waals surface area (Å²) in [4.78, 5) is 48.1. The summed E-state index contributed by atoms with van der Waals surface area (Å²) in [6.07, 6.45) is 7.34. The molecule has 13 heteroatoms. The Balaban J connectivity index is 1.52. The van der Waals surface area contributed by atoms with Gasteiger partial charge in [-0.1, -0.05) is 11.1 Å². The lowest BCUT2D eigenvalue weighted by Crippen LogP contribution is -2.71. The molecule has 0 saturated carbocycles. The second-order valence-corrected chi connectivity index (χ2v) is 10.5. The van der Waals surface area contributed by atoms with Gasteiger partial charge < -0.3 is 30.3 Å². The zero-order chi connectivity index (χ0) is 24.5. The van der Waals surface area contributed by atoms with Crippen molar-refractivity contribution < 1.29 is 28.8 Å². The third-order valence-electron chi connectivity index (χ3n) is 6.03. The molecule has 1 aromatic heterocycles. The molecule has 2 fully saturated rings. The molecule has 4 rings (SSSR count). The molecular weight excluding hydrogens is 480 g/mol. The normalized spacial score (nSPS) is 23.7. The molecule has 2 saturated heterocycles. The monoisotopic (exact) mass is 504 g/mol. The molecular formula is C21H24N6O5S2. The van der Waals surface area contributed by atoms with Crippen LogP contribution in [0.4, 0.5) is 5.13 Å². The van der Waals surface area contributed by atoms with E-state index in [1.54, 1.807) is 0 Å². The van der Waals surface area contributed by atoms with E-state index in [4.69, 9.17) is 17.0 Å². The zero-order valence-corrected chi connectivity index (χ0v) is 20.1. The number of amides is 2. The number of carbonyl (C=O) groups is 3. The minimum Gasteiger partial charge on any atom is -0.543 e. The number of aromatic nitrogens is 1. The molecule has 0 spiro atoms. The number of terminal acetylenes is 1. The molecule has 0 aromatic carbocycles. The minimum atomic E-state index is -1.38. The van der Waals surface area contributed by atoms with Crippen LogP contribution in [-0.2, 0) is 19.2 Å². The summed E-state index contributed by atoms with van der Waals surface area (Å²) in [5.41, 5.74) is 6.26. The summed E-state index contributed by atoms with van der Waals surface area (Å²) >= 11 is 2.53. The number of hydrogen-bond acceptors (Lipinski definition) is 10. The van der Waals surface area contributed by atoms with Gasteiger partial charge in [0.05, 0.1) is 31.8 Å². The van der Waals surface area contributed by atoms with Crippen LogP contribution in [0.15, 0.2) is 21.8 Å². The second-order valence-electron chi connectivity index (χ2n) is 8.52. The fraction of sp³-hybridized carbons (Fsp3) is 0.476. The molecule has 2 atom stereocenters. The van der Waals surface area contributed by atoms with Gasteiger partial charge in [-0.2, -0.15) is 0 Å². The molecule has 1 unspecified atom stereocenters. The topological polar surface area (TPSA) is 150 Å². The first-order valence-electron chi connectivity index (χ1n) is 10.6. The maximum absolute atomic E-state index is 13.0. The second kappa shape index (κ2) is 9.65. The van der Waals surface area contributed by atoms with Gasteiger partial charge in [0.15, 0.2) is 17.5 Å². The number of carboxylic acids is 1. The number of carboxylic acid groups (broad SMARTS) is 1. The summed E-state index contributed by atoms with van der Waals surface area (Å²) in [5, 5.41) is 19.6. The van der Waals surface area contributed by atoms with E-state index in [9.17, 15) is 19.5 Å². The number of likely N-dealkylation sites (tertiary alicyclic amines) is 1. The van der Waals surface area contributed by atoms with Crippen molar-refractivity contribution in [1.82, 2.24) is 15.2 Å². The molecule has 0 aliphatic carbocycles. The van der Waals surface area contributed by atoms with Gasteiger partial charge in [-0.05, 0) is 0 Å². The van der Waals surface area contributed by atoms with E-state index < -0.39 is 29.2 Å². The number of aliphatic carboxylic acids is 1. The molecule has 3 aliphatic heterocycles. The van der Waals surface area contributed by atoms with Gasteiger partial charge in [0, 0.05) is 29.5 Å². The van der Waals surface area contributed by atoms with Crippen LogP contribution < -0.4 is 16.2 Å². The Morgan fingerprint density at radius 2 is 2.21 bits per heavy atom. The van der Waals surface area contributed by atoms with Crippen molar-refractivity contribution in [2.75, 3.05) is 44.8 Å². The van der Waals surface area contributed by atoms with Gasteiger partial charge in [0.2, 0.25) is 0 Å². The number of nitrogens with zero attached hydrogens (tertiary/aromatic N) is 4. The van der Waals surface area contributed by atoms with Crippen LogP contribution >= 0.6 is 23.1 Å². The smallest absolute Gasteiger partial charge is 0.276 e. The number of thiazole rings is 1. The fourth-order valence-electron chi connectivity index (χ4n) is 4.46. The van der Waals surface area contributed by atoms with Crippen molar-refractivity contribution in [3.8, 4) is 12.3 Å². The van der Waals surface area contributed by atoms with Crippen LogP contribution in [0.2, 0.25) is 0 Å². The first kappa shape index (κ1) is 24.1. The predicted octanol–water partition coefficient (Wildman–Crippen LogP) is -1.28. The molecule has 1 aromatic rings. The van der Waals surface area contributed by atoms with Gasteiger partial charge in [-0.3, -0.25) is 14.5 Å². The number of nitrogens with one attached hydrogen (secondary N) is 1. The number of β-lactam (4-membered cyclic amide) rings is 1. The predicted molar refractivity (Wildman–Crippen MR) is 125 cm³/mol. The van der Waals surface area contributed by atoms with Gasteiger partial charge in [-0.15, -0.1) is 29.5 Å². The number of rotatable bonds is 8. The Labute approximate surface area is 204 Å². The van der Waals surface area contributed by atoms with Crippen LogP contribution in [-0.4, -0.2) is 88.3 Å². The van der Waals surface area contributed by atoms with E-state index in [1.807, 2.05) is 0 Å². The Morgan fingerprint density at radius 1 is 1.47 bits per heavy atom. The minimum absolute atomic E-state index is 0.0796. The largest absolute Gasteiger partial charge is 0.543 e. The molecule has 0 bridgehead atoms. The van der Waals surface area contributed by atoms with Crippen LogP contribution in [0.3, 0.4) is 0 Å². The summed E-state index contributed by atoms with van der Waals surface area (Å²) < 4.78 is 0.744. The molecule has 0 radical (unpaired) electrons. The average molecular weight is 505 g/mol. The van der Waals surface area contributed by atoms with E-state index in [0.29, 0.717) is 17.9 Å². The van der Waals surface area contributed by atoms with Crippen molar-refractivity contribution in [2.24, 2.45) is 5.16 Å². The van der Waals surface area contributed by atoms with Gasteiger partial charge in [-0.25, -0.2) is 4.98 Å². The Bertz CT molecular complexity index is 1120. The molecule has 180 valence electrons. The molecule has 3 aliphatic rings. The highest BCUT2D eigenvalue weighted by Gasteiger charge is 2.53. The highest BCUT2D eigenvalue weighted by Crippen LogP contribution is 2.41. The standard InChI is InChI=1S/C21H24N6O5S2/c1-3-8-32-25-14(13-11-34-21(22)23-13)17(28)24-15-18(29)26-16(20(30)31)12(10-33-19(15)26)9-27(2)6-4-5-7-27/h1,11,15,19H,4-10H2,2H3,(H3-,22,23,24,28,30,31)/b25-14-/t15?,19-/m0/s1. The number of anilines is 1. The molecule has 4 heterocycles. The summed E-state index contributed by atoms with van der Waals surface area (Å²) in [5.74, 6) is 0.0654. The molecule has 3 N–H and O–H groups in total. The number of likely N-dealkylation sites (N-methyl/N-ethyl adjacent to an activating group) is 1. The van der Waals surface area contributed by atoms with Crippen molar-refractivity contribution in [1.29, 1.82) is 0 Å². The number of nitrogens with two attached hydrogens (primary N) is 1. The molecule has 2 amide bonds. The third kappa shape index (κ3) is 4.61. The van der Waals surface area contributed by atoms with Crippen LogP contribution in [0.5, 0.6) is 0 Å². The number of fused-ring (bicyclic) bond motifs is 1. The maximum Gasteiger partial charge on any atom is 0.276 e. The first-order chi connectivity index (χ1) is 16.2. The van der Waals surface area contributed by atoms with Crippen LogP contribution in [0.1, 0.15) is 18.5 Å². The van der Waals surface area contributed by atoms with E-state index >= 15 is 0 Å². The summed E-state index contributed by atoms with van der Waals surface area (Å²) in [7, 11) is 2.10. The number of quaternary nitrogens is 1. The van der Waals surface area contributed by atoms with E-state index in [0.717, 1.165) is 41.8 Å². The van der Waals surface area contributed by atoms with E-state index in [2.05, 4.69) is 28.4 Å². The van der Waals surface area contributed by atoms with Crippen molar-refractivity contribution in [3.05, 3.63) is 22.3 Å². The van der Waals surface area contributed by atoms with Crippen molar-refractivity contribution >= 4 is 51.7 Å². The highest BCUT2D eigenvalue weighted by atomic mass is 32.2. The lowest BCUT2D eigenvalue weighted by atomic mass is 10.0. The summed E-state index contributed by atoms with van der Waals surface area (Å²) in [6, 6.07) is -0.932. The Morgan fingerprint density at radius 3 is 2.82 bits per heavy atom. The number of thioether (sulfide) groups is 1. The van der Waals surface area contributed by atoms with Crippen molar-refractivity contribution in [2.45, 2.75) is 24.3 Å². The number of oxime groups is 1. The lowest BCUT2D eigenvalue weighted by molar-refractivity contribution is -0.893. The highest BCUT2D eigenvalue weighted by molar-refractivity contribution is 8.00. The number of hydrogen-bond donors (Lipinski definition) is 2.